The molecule has 5 heteroatoms. The van der Waals surface area contributed by atoms with Gasteiger partial charge >= 0.3 is 5.97 Å². The Kier molecular flexibility index (Phi) is 6.32. The Morgan fingerprint density at radius 2 is 1.96 bits per heavy atom. The number of unbranched alkanes of at least 4 members (excludes halogenated alkanes) is 3. The van der Waals surface area contributed by atoms with Crippen molar-refractivity contribution in [3.63, 3.8) is 0 Å². The molecule has 0 N–H and O–H groups in total. The molecule has 2 heterocycles. The summed E-state index contributed by atoms with van der Waals surface area (Å²) < 4.78 is 9.66. The van der Waals surface area contributed by atoms with Crippen LogP contribution in [-0.2, 0) is 11.8 Å². The van der Waals surface area contributed by atoms with E-state index in [9.17, 15) is 4.79 Å². The fourth-order valence-corrected chi connectivity index (χ4v) is 3.50. The SMILES string of the molecule is CCCCCCC(CC)OC(=O)c1cn(-c2ccnn2C)c2ccccc12. The van der Waals surface area contributed by atoms with Crippen molar-refractivity contribution in [3.05, 3.63) is 48.3 Å². The maximum atomic E-state index is 12.9. The van der Waals surface area contributed by atoms with Gasteiger partial charge in [0, 0.05) is 24.7 Å². The van der Waals surface area contributed by atoms with Gasteiger partial charge in [0.2, 0.25) is 0 Å². The number of aryl methyl sites for hydroxylation is 1. The average Bonchev–Trinajstić information content (AvgIpc) is 3.27. The van der Waals surface area contributed by atoms with Crippen LogP contribution in [0.15, 0.2) is 42.7 Å². The summed E-state index contributed by atoms with van der Waals surface area (Å²) in [5.74, 6) is 0.673. The van der Waals surface area contributed by atoms with Crippen LogP contribution in [-0.4, -0.2) is 26.4 Å². The third kappa shape index (κ3) is 4.24. The van der Waals surface area contributed by atoms with E-state index in [-0.39, 0.29) is 12.1 Å². The summed E-state index contributed by atoms with van der Waals surface area (Å²) in [6, 6.07) is 9.86. The molecule has 0 saturated carbocycles. The van der Waals surface area contributed by atoms with E-state index in [1.807, 2.05) is 48.1 Å². The summed E-state index contributed by atoms with van der Waals surface area (Å²) in [4.78, 5) is 12.9. The van der Waals surface area contributed by atoms with Gasteiger partial charge in [-0.3, -0.25) is 4.68 Å². The molecule has 0 spiro atoms. The number of nitrogens with zero attached hydrogens (tertiary/aromatic N) is 3. The summed E-state index contributed by atoms with van der Waals surface area (Å²) in [6.45, 7) is 4.28. The Morgan fingerprint density at radius 1 is 1.15 bits per heavy atom. The molecule has 0 amide bonds. The molecule has 0 aliphatic heterocycles. The quantitative estimate of drug-likeness (QED) is 0.382. The van der Waals surface area contributed by atoms with E-state index in [2.05, 4.69) is 18.9 Å². The fourth-order valence-electron chi connectivity index (χ4n) is 3.50. The zero-order valence-corrected chi connectivity index (χ0v) is 16.5. The van der Waals surface area contributed by atoms with E-state index in [1.165, 1.54) is 19.3 Å². The van der Waals surface area contributed by atoms with E-state index >= 15 is 0 Å². The molecule has 5 nitrogen and oxygen atoms in total. The zero-order chi connectivity index (χ0) is 19.2. The molecule has 0 fully saturated rings. The van der Waals surface area contributed by atoms with Gasteiger partial charge in [-0.1, -0.05) is 51.3 Å². The first kappa shape index (κ1) is 19.2. The first-order valence-electron chi connectivity index (χ1n) is 9.95. The van der Waals surface area contributed by atoms with Crippen molar-refractivity contribution in [1.29, 1.82) is 0 Å². The van der Waals surface area contributed by atoms with Crippen LogP contribution in [0.25, 0.3) is 16.7 Å². The van der Waals surface area contributed by atoms with Crippen molar-refractivity contribution in [2.45, 2.75) is 58.5 Å². The fraction of sp³-hybridized carbons (Fsp3) is 0.455. The molecule has 3 rings (SSSR count). The molecule has 3 aromatic rings. The second-order valence-corrected chi connectivity index (χ2v) is 7.03. The summed E-state index contributed by atoms with van der Waals surface area (Å²) in [5.41, 5.74) is 1.59. The molecule has 0 bridgehead atoms. The lowest BCUT2D eigenvalue weighted by atomic mass is 10.1. The van der Waals surface area contributed by atoms with Crippen molar-refractivity contribution in [2.24, 2.45) is 7.05 Å². The number of esters is 1. The van der Waals surface area contributed by atoms with Crippen LogP contribution in [0.3, 0.4) is 0 Å². The molecule has 0 aliphatic carbocycles. The van der Waals surface area contributed by atoms with Gasteiger partial charge in [0.05, 0.1) is 17.3 Å². The predicted octanol–water partition coefficient (Wildman–Crippen LogP) is 5.27. The van der Waals surface area contributed by atoms with E-state index in [4.69, 9.17) is 4.74 Å². The first-order valence-corrected chi connectivity index (χ1v) is 9.95. The Balaban J connectivity index is 1.83. The van der Waals surface area contributed by atoms with Gasteiger partial charge in [0.15, 0.2) is 0 Å². The maximum Gasteiger partial charge on any atom is 0.340 e. The molecular weight excluding hydrogens is 338 g/mol. The van der Waals surface area contributed by atoms with Crippen molar-refractivity contribution in [3.8, 4) is 5.82 Å². The van der Waals surface area contributed by atoms with Crippen molar-refractivity contribution in [2.75, 3.05) is 0 Å². The Labute approximate surface area is 160 Å². The van der Waals surface area contributed by atoms with Gasteiger partial charge in [-0.15, -0.1) is 0 Å². The highest BCUT2D eigenvalue weighted by Gasteiger charge is 2.20. The lowest BCUT2D eigenvalue weighted by Crippen LogP contribution is -2.17. The number of ether oxygens (including phenoxy) is 1. The number of fused-ring (bicyclic) bond motifs is 1. The molecule has 27 heavy (non-hydrogen) atoms. The highest BCUT2D eigenvalue weighted by molar-refractivity contribution is 6.04. The largest absolute Gasteiger partial charge is 0.459 e. The Bertz CT molecular complexity index is 894. The Hall–Kier alpha value is -2.56. The molecule has 1 atom stereocenters. The number of benzene rings is 1. The van der Waals surface area contributed by atoms with Crippen LogP contribution < -0.4 is 0 Å². The van der Waals surface area contributed by atoms with Crippen molar-refractivity contribution in [1.82, 2.24) is 14.3 Å². The van der Waals surface area contributed by atoms with E-state index in [0.717, 1.165) is 36.0 Å². The van der Waals surface area contributed by atoms with Gasteiger partial charge in [0.1, 0.15) is 11.9 Å². The highest BCUT2D eigenvalue weighted by Crippen LogP contribution is 2.26. The average molecular weight is 367 g/mol. The van der Waals surface area contributed by atoms with Crippen LogP contribution in [0.1, 0.15) is 62.7 Å². The van der Waals surface area contributed by atoms with Crippen LogP contribution in [0.2, 0.25) is 0 Å². The number of para-hydroxylation sites is 1. The first-order chi connectivity index (χ1) is 13.2. The van der Waals surface area contributed by atoms with E-state index in [1.54, 1.807) is 10.9 Å². The standard InChI is InChI=1S/C22H29N3O2/c1-4-6-7-8-11-17(5-2)27-22(26)19-16-25(21-14-15-23-24(21)3)20-13-10-9-12-18(19)20/h9-10,12-17H,4-8,11H2,1-3H3. The lowest BCUT2D eigenvalue weighted by molar-refractivity contribution is 0.0269. The molecule has 1 unspecified atom stereocenters. The van der Waals surface area contributed by atoms with Crippen LogP contribution >= 0.6 is 0 Å². The molecule has 0 saturated heterocycles. The van der Waals surface area contributed by atoms with Crippen LogP contribution in [0.5, 0.6) is 0 Å². The number of carbonyl (C=O) groups is 1. The smallest absolute Gasteiger partial charge is 0.340 e. The van der Waals surface area contributed by atoms with Crippen molar-refractivity contribution < 1.29 is 9.53 Å². The van der Waals surface area contributed by atoms with Gasteiger partial charge < -0.3 is 9.30 Å². The second-order valence-electron chi connectivity index (χ2n) is 7.03. The van der Waals surface area contributed by atoms with Gasteiger partial charge in [0.25, 0.3) is 0 Å². The monoisotopic (exact) mass is 367 g/mol. The number of hydrogen-bond donors (Lipinski definition) is 0. The second kappa shape index (κ2) is 8.89. The van der Waals surface area contributed by atoms with E-state index < -0.39 is 0 Å². The van der Waals surface area contributed by atoms with Gasteiger partial charge in [-0.05, 0) is 25.3 Å². The minimum Gasteiger partial charge on any atom is -0.459 e. The topological polar surface area (TPSA) is 49.1 Å². The minimum atomic E-state index is -0.241. The van der Waals surface area contributed by atoms with Crippen molar-refractivity contribution >= 4 is 16.9 Å². The molecule has 0 radical (unpaired) electrons. The molecule has 2 aromatic heterocycles. The van der Waals surface area contributed by atoms with E-state index in [0.29, 0.717) is 5.56 Å². The third-order valence-electron chi connectivity index (χ3n) is 5.08. The molecule has 144 valence electrons. The van der Waals surface area contributed by atoms with Crippen LogP contribution in [0, 0.1) is 0 Å². The summed E-state index contributed by atoms with van der Waals surface area (Å²) in [7, 11) is 1.89. The highest BCUT2D eigenvalue weighted by atomic mass is 16.5. The predicted molar refractivity (Wildman–Crippen MR) is 108 cm³/mol. The number of carbonyl (C=O) groups excluding carboxylic acids is 1. The molecule has 0 aliphatic rings. The Morgan fingerprint density at radius 3 is 2.67 bits per heavy atom. The zero-order valence-electron chi connectivity index (χ0n) is 16.5. The number of hydrogen-bond acceptors (Lipinski definition) is 3. The summed E-state index contributed by atoms with van der Waals surface area (Å²) in [5, 5.41) is 5.15. The maximum absolute atomic E-state index is 12.9. The molecular formula is C22H29N3O2. The molecule has 1 aromatic carbocycles. The van der Waals surface area contributed by atoms with Crippen LogP contribution in [0.4, 0.5) is 0 Å². The summed E-state index contributed by atoms with van der Waals surface area (Å²) >= 11 is 0. The van der Waals surface area contributed by atoms with Gasteiger partial charge in [-0.2, -0.15) is 5.10 Å². The van der Waals surface area contributed by atoms with Gasteiger partial charge in [-0.25, -0.2) is 4.79 Å². The normalized spacial score (nSPS) is 12.4. The third-order valence-corrected chi connectivity index (χ3v) is 5.08. The number of aromatic nitrogens is 3. The summed E-state index contributed by atoms with van der Waals surface area (Å²) in [6.07, 6.45) is 10.1. The minimum absolute atomic E-state index is 0.0202. The lowest BCUT2D eigenvalue weighted by Gasteiger charge is -2.15. The number of rotatable bonds is 9.